The second-order valence-electron chi connectivity index (χ2n) is 7.02. The highest BCUT2D eigenvalue weighted by Gasteiger charge is 2.17. The number of anilines is 4. The second kappa shape index (κ2) is 9.58. The summed E-state index contributed by atoms with van der Waals surface area (Å²) >= 11 is 4.57. The fraction of sp³-hybridized carbons (Fsp3) is 0.300. The van der Waals surface area contributed by atoms with E-state index < -0.39 is 5.97 Å². The summed E-state index contributed by atoms with van der Waals surface area (Å²) in [6.07, 6.45) is 0. The number of aromatic nitrogens is 3. The number of piperazine rings is 1. The molecule has 1 aliphatic rings. The summed E-state index contributed by atoms with van der Waals surface area (Å²) < 4.78 is 1.02. The maximum absolute atomic E-state index is 11.3. The van der Waals surface area contributed by atoms with Gasteiger partial charge in [0.05, 0.1) is 5.69 Å². The van der Waals surface area contributed by atoms with E-state index in [0.717, 1.165) is 53.4 Å². The Morgan fingerprint density at radius 3 is 2.77 bits per heavy atom. The van der Waals surface area contributed by atoms with Gasteiger partial charge in [0, 0.05) is 43.3 Å². The van der Waals surface area contributed by atoms with Crippen molar-refractivity contribution in [2.24, 2.45) is 0 Å². The van der Waals surface area contributed by atoms with Crippen molar-refractivity contribution in [1.29, 1.82) is 0 Å². The lowest BCUT2D eigenvalue weighted by Crippen LogP contribution is -2.44. The highest BCUT2D eigenvalue weighted by atomic mass is 79.9. The summed E-state index contributed by atoms with van der Waals surface area (Å²) in [5.74, 6) is 0.869. The van der Waals surface area contributed by atoms with Crippen LogP contribution in [-0.2, 0) is 6.54 Å². The second-order valence-corrected chi connectivity index (χ2v) is 8.93. The molecule has 1 aromatic carbocycles. The van der Waals surface area contributed by atoms with Crippen molar-refractivity contribution in [2.45, 2.75) is 13.5 Å². The predicted octanol–water partition coefficient (Wildman–Crippen LogP) is 3.47. The fourth-order valence-electron chi connectivity index (χ4n) is 3.22. The normalized spacial score (nSPS) is 13.8. The first-order valence-corrected chi connectivity index (χ1v) is 11.4. The lowest BCUT2D eigenvalue weighted by molar-refractivity contribution is 0.0701. The number of hydrogen-bond donors (Lipinski definition) is 4. The summed E-state index contributed by atoms with van der Waals surface area (Å²) in [6.45, 7) is 5.76. The van der Waals surface area contributed by atoms with Gasteiger partial charge in [-0.15, -0.1) is 0 Å². The largest absolute Gasteiger partial charge is 0.477 e. The molecular weight excluding hydrogens is 482 g/mol. The number of halogens is 1. The molecule has 2 aromatic heterocycles. The molecule has 4 N–H and O–H groups in total. The van der Waals surface area contributed by atoms with Gasteiger partial charge in [-0.05, 0) is 24.6 Å². The molecule has 1 saturated heterocycles. The van der Waals surface area contributed by atoms with E-state index >= 15 is 0 Å². The van der Waals surface area contributed by atoms with Gasteiger partial charge in [-0.25, -0.2) is 9.78 Å². The maximum Gasteiger partial charge on any atom is 0.347 e. The number of benzene rings is 1. The molecule has 4 rings (SSSR count). The minimum Gasteiger partial charge on any atom is -0.477 e. The number of nitrogens with zero attached hydrogens (tertiary/aromatic N) is 4. The van der Waals surface area contributed by atoms with Gasteiger partial charge in [0.1, 0.15) is 16.5 Å². The van der Waals surface area contributed by atoms with Crippen molar-refractivity contribution >= 4 is 56.0 Å². The number of aromatic carboxylic acids is 1. The van der Waals surface area contributed by atoms with Crippen LogP contribution < -0.4 is 20.9 Å². The fourth-order valence-corrected chi connectivity index (χ4v) is 4.47. The SMILES string of the molecule is Cc1nc(Nc2nc(NCc3cccc(Br)c3)cc(N3CCNCC3)n2)sc1C(=O)O. The first kappa shape index (κ1) is 21.5. The van der Waals surface area contributed by atoms with Gasteiger partial charge < -0.3 is 20.6 Å². The number of thiazole rings is 1. The van der Waals surface area contributed by atoms with Crippen LogP contribution in [0.15, 0.2) is 34.8 Å². The van der Waals surface area contributed by atoms with E-state index in [2.05, 4.69) is 57.8 Å². The summed E-state index contributed by atoms with van der Waals surface area (Å²) in [4.78, 5) is 27.3. The molecular formula is C20H22BrN7O2S. The first-order valence-electron chi connectivity index (χ1n) is 9.79. The van der Waals surface area contributed by atoms with Crippen LogP contribution in [0.3, 0.4) is 0 Å². The molecule has 0 atom stereocenters. The molecule has 1 aliphatic heterocycles. The number of carboxylic acids is 1. The smallest absolute Gasteiger partial charge is 0.347 e. The minimum absolute atomic E-state index is 0.203. The van der Waals surface area contributed by atoms with Crippen LogP contribution in [-0.4, -0.2) is 52.2 Å². The van der Waals surface area contributed by atoms with Crippen LogP contribution in [0.1, 0.15) is 20.9 Å². The van der Waals surface area contributed by atoms with Crippen molar-refractivity contribution in [3.8, 4) is 0 Å². The van der Waals surface area contributed by atoms with Crippen molar-refractivity contribution in [1.82, 2.24) is 20.3 Å². The number of aryl methyl sites for hydroxylation is 1. The lowest BCUT2D eigenvalue weighted by atomic mass is 10.2. The van der Waals surface area contributed by atoms with Crippen LogP contribution in [0.5, 0.6) is 0 Å². The van der Waals surface area contributed by atoms with Gasteiger partial charge in [0.2, 0.25) is 5.95 Å². The molecule has 1 fully saturated rings. The van der Waals surface area contributed by atoms with Crippen LogP contribution in [0.4, 0.5) is 22.7 Å². The van der Waals surface area contributed by atoms with Crippen molar-refractivity contribution in [3.05, 3.63) is 50.9 Å². The zero-order chi connectivity index (χ0) is 21.8. The number of hydrogen-bond acceptors (Lipinski definition) is 9. The van der Waals surface area contributed by atoms with E-state index in [-0.39, 0.29) is 4.88 Å². The number of rotatable bonds is 7. The van der Waals surface area contributed by atoms with Gasteiger partial charge in [0.15, 0.2) is 5.13 Å². The van der Waals surface area contributed by atoms with Gasteiger partial charge in [-0.1, -0.05) is 39.4 Å². The van der Waals surface area contributed by atoms with Gasteiger partial charge in [0.25, 0.3) is 0 Å². The first-order chi connectivity index (χ1) is 15.0. The Bertz CT molecular complexity index is 1090. The molecule has 0 saturated carbocycles. The molecule has 3 heterocycles. The molecule has 0 bridgehead atoms. The monoisotopic (exact) mass is 503 g/mol. The van der Waals surface area contributed by atoms with Crippen LogP contribution in [0.2, 0.25) is 0 Å². The predicted molar refractivity (Wildman–Crippen MR) is 126 cm³/mol. The zero-order valence-electron chi connectivity index (χ0n) is 16.9. The molecule has 31 heavy (non-hydrogen) atoms. The summed E-state index contributed by atoms with van der Waals surface area (Å²) in [5, 5.41) is 19.5. The van der Waals surface area contributed by atoms with E-state index in [1.165, 1.54) is 0 Å². The summed E-state index contributed by atoms with van der Waals surface area (Å²) in [7, 11) is 0. The highest BCUT2D eigenvalue weighted by molar-refractivity contribution is 9.10. The standard InChI is InChI=1S/C20H22BrN7O2S/c1-12-17(18(29)30)31-20(24-12)27-19-25-15(23-11-13-3-2-4-14(21)9-13)10-16(26-19)28-7-5-22-6-8-28/h2-4,9-10,22H,5-8,11H2,1H3,(H,29,30)(H2,23,24,25,26,27). The highest BCUT2D eigenvalue weighted by Crippen LogP contribution is 2.27. The molecule has 0 aliphatic carbocycles. The third-order valence-corrected chi connectivity index (χ3v) is 6.28. The van der Waals surface area contributed by atoms with Crippen LogP contribution in [0, 0.1) is 6.92 Å². The Kier molecular flexibility index (Phi) is 6.64. The number of carboxylic acid groups (broad SMARTS) is 1. The van der Waals surface area contributed by atoms with Crippen LogP contribution in [0.25, 0.3) is 0 Å². The Balaban J connectivity index is 1.59. The van der Waals surface area contributed by atoms with E-state index in [9.17, 15) is 9.90 Å². The van der Waals surface area contributed by atoms with E-state index in [1.54, 1.807) is 6.92 Å². The summed E-state index contributed by atoms with van der Waals surface area (Å²) in [6, 6.07) is 10.0. The average molecular weight is 504 g/mol. The van der Waals surface area contributed by atoms with Gasteiger partial charge >= 0.3 is 5.97 Å². The molecule has 0 spiro atoms. The van der Waals surface area contributed by atoms with Crippen molar-refractivity contribution < 1.29 is 9.90 Å². The Labute approximate surface area is 192 Å². The topological polar surface area (TPSA) is 115 Å². The molecule has 0 radical (unpaired) electrons. The maximum atomic E-state index is 11.3. The molecule has 0 unspecified atom stereocenters. The van der Waals surface area contributed by atoms with Crippen LogP contribution >= 0.6 is 27.3 Å². The Morgan fingerprint density at radius 2 is 2.06 bits per heavy atom. The molecule has 162 valence electrons. The molecule has 0 amide bonds. The Hall–Kier alpha value is -2.76. The van der Waals surface area contributed by atoms with E-state index in [0.29, 0.717) is 29.1 Å². The minimum atomic E-state index is -0.991. The van der Waals surface area contributed by atoms with Gasteiger partial charge in [-0.3, -0.25) is 5.32 Å². The third kappa shape index (κ3) is 5.49. The van der Waals surface area contributed by atoms with E-state index in [1.807, 2.05) is 24.3 Å². The van der Waals surface area contributed by atoms with E-state index in [4.69, 9.17) is 0 Å². The molecule has 3 aromatic rings. The third-order valence-electron chi connectivity index (χ3n) is 4.73. The van der Waals surface area contributed by atoms with Crippen molar-refractivity contribution in [3.63, 3.8) is 0 Å². The lowest BCUT2D eigenvalue weighted by Gasteiger charge is -2.28. The quantitative estimate of drug-likeness (QED) is 0.384. The number of nitrogens with one attached hydrogen (secondary N) is 3. The van der Waals surface area contributed by atoms with Crippen molar-refractivity contribution in [2.75, 3.05) is 41.7 Å². The number of carbonyl (C=O) groups is 1. The molecule has 9 nitrogen and oxygen atoms in total. The average Bonchev–Trinajstić information content (AvgIpc) is 3.13. The Morgan fingerprint density at radius 1 is 1.26 bits per heavy atom. The molecule has 11 heteroatoms. The van der Waals surface area contributed by atoms with Gasteiger partial charge in [-0.2, -0.15) is 9.97 Å². The zero-order valence-corrected chi connectivity index (χ0v) is 19.3. The summed E-state index contributed by atoms with van der Waals surface area (Å²) in [5.41, 5.74) is 1.58.